The van der Waals surface area contributed by atoms with Crippen LogP contribution >= 0.6 is 12.6 Å². The Kier molecular flexibility index (Phi) is 3.21. The smallest absolute Gasteiger partial charge is 0.238 e. The third-order valence-corrected chi connectivity index (χ3v) is 3.16. The number of nitrogens with one attached hydrogen (secondary N) is 1. The molecule has 0 aromatic heterocycles. The van der Waals surface area contributed by atoms with Crippen LogP contribution < -0.4 is 5.32 Å². The zero-order valence-corrected chi connectivity index (χ0v) is 8.84. The Labute approximate surface area is 83.7 Å². The molecule has 76 valence electrons. The molecule has 1 aliphatic heterocycles. The number of aliphatic hydroxyl groups is 1. The summed E-state index contributed by atoms with van der Waals surface area (Å²) in [6.45, 7) is 3.43. The normalized spacial score (nSPS) is 21.8. The molecular formula is C8H16N2O2S. The van der Waals surface area contributed by atoms with Crippen LogP contribution in [-0.2, 0) is 4.79 Å². The van der Waals surface area contributed by atoms with Crippen LogP contribution in [0, 0.1) is 0 Å². The molecule has 0 aromatic rings. The average molecular weight is 204 g/mol. The molecule has 1 amide bonds. The maximum Gasteiger partial charge on any atom is 0.238 e. The van der Waals surface area contributed by atoms with E-state index in [1.165, 1.54) is 0 Å². The van der Waals surface area contributed by atoms with E-state index < -0.39 is 10.9 Å². The van der Waals surface area contributed by atoms with Crippen molar-refractivity contribution in [1.29, 1.82) is 0 Å². The summed E-state index contributed by atoms with van der Waals surface area (Å²) in [5.74, 6) is -0.116. The van der Waals surface area contributed by atoms with Gasteiger partial charge in [0.1, 0.15) is 10.9 Å². The van der Waals surface area contributed by atoms with E-state index in [9.17, 15) is 9.90 Å². The van der Waals surface area contributed by atoms with Gasteiger partial charge in [-0.2, -0.15) is 12.6 Å². The summed E-state index contributed by atoms with van der Waals surface area (Å²) in [6, 6.07) is 0. The Morgan fingerprint density at radius 1 is 1.77 bits per heavy atom. The number of carbonyl (C=O) groups excluding carboxylic acids is 1. The minimum atomic E-state index is -0.955. The van der Waals surface area contributed by atoms with E-state index in [0.29, 0.717) is 19.6 Å². The SMILES string of the molecule is CCN(C)C(=O)C(S)C1(O)CNC1. The summed E-state index contributed by atoms with van der Waals surface area (Å²) < 4.78 is 0. The van der Waals surface area contributed by atoms with Gasteiger partial charge in [-0.25, -0.2) is 0 Å². The molecule has 2 N–H and O–H groups in total. The van der Waals surface area contributed by atoms with Gasteiger partial charge in [-0.3, -0.25) is 4.79 Å². The molecule has 1 heterocycles. The lowest BCUT2D eigenvalue weighted by molar-refractivity contribution is -0.135. The first-order valence-corrected chi connectivity index (χ1v) is 4.89. The summed E-state index contributed by atoms with van der Waals surface area (Å²) in [7, 11) is 1.71. The zero-order chi connectivity index (χ0) is 10.1. The van der Waals surface area contributed by atoms with Gasteiger partial charge in [0.15, 0.2) is 0 Å². The predicted octanol–water partition coefficient (Wildman–Crippen LogP) is -0.903. The van der Waals surface area contributed by atoms with E-state index in [0.717, 1.165) is 0 Å². The van der Waals surface area contributed by atoms with Crippen LogP contribution in [0.2, 0.25) is 0 Å². The number of hydrogen-bond donors (Lipinski definition) is 3. The second kappa shape index (κ2) is 3.86. The van der Waals surface area contributed by atoms with Crippen LogP contribution in [0.25, 0.3) is 0 Å². The summed E-state index contributed by atoms with van der Waals surface area (Å²) >= 11 is 4.15. The molecular weight excluding hydrogens is 188 g/mol. The van der Waals surface area contributed by atoms with Crippen molar-refractivity contribution in [3.8, 4) is 0 Å². The monoisotopic (exact) mass is 204 g/mol. The molecule has 1 unspecified atom stereocenters. The van der Waals surface area contributed by atoms with Crippen molar-refractivity contribution >= 4 is 18.5 Å². The van der Waals surface area contributed by atoms with Crippen molar-refractivity contribution in [2.75, 3.05) is 26.7 Å². The van der Waals surface area contributed by atoms with E-state index in [1.807, 2.05) is 6.92 Å². The average Bonchev–Trinajstić information content (AvgIpc) is 2.10. The summed E-state index contributed by atoms with van der Waals surface area (Å²) in [6.07, 6.45) is 0. The fourth-order valence-corrected chi connectivity index (χ4v) is 1.55. The van der Waals surface area contributed by atoms with Crippen LogP contribution in [-0.4, -0.2) is 53.4 Å². The topological polar surface area (TPSA) is 52.6 Å². The van der Waals surface area contributed by atoms with Gasteiger partial charge in [0.25, 0.3) is 0 Å². The van der Waals surface area contributed by atoms with Crippen LogP contribution in [0.5, 0.6) is 0 Å². The van der Waals surface area contributed by atoms with Crippen LogP contribution in [0.15, 0.2) is 0 Å². The highest BCUT2D eigenvalue weighted by atomic mass is 32.1. The van der Waals surface area contributed by atoms with E-state index in [-0.39, 0.29) is 5.91 Å². The van der Waals surface area contributed by atoms with Crippen molar-refractivity contribution in [1.82, 2.24) is 10.2 Å². The van der Waals surface area contributed by atoms with Gasteiger partial charge >= 0.3 is 0 Å². The first-order valence-electron chi connectivity index (χ1n) is 4.37. The lowest BCUT2D eigenvalue weighted by Gasteiger charge is -2.41. The van der Waals surface area contributed by atoms with Gasteiger partial charge in [-0.15, -0.1) is 0 Å². The largest absolute Gasteiger partial charge is 0.386 e. The van der Waals surface area contributed by atoms with Gasteiger partial charge in [-0.1, -0.05) is 0 Å². The predicted molar refractivity (Wildman–Crippen MR) is 53.9 cm³/mol. The lowest BCUT2D eigenvalue weighted by atomic mass is 9.92. The molecule has 4 nitrogen and oxygen atoms in total. The zero-order valence-electron chi connectivity index (χ0n) is 7.95. The highest BCUT2D eigenvalue weighted by Crippen LogP contribution is 2.22. The van der Waals surface area contributed by atoms with Crippen LogP contribution in [0.3, 0.4) is 0 Å². The van der Waals surface area contributed by atoms with Gasteiger partial charge in [0.2, 0.25) is 5.91 Å². The Hall–Kier alpha value is -0.260. The molecule has 1 aliphatic rings. The first-order chi connectivity index (χ1) is 6.01. The highest BCUT2D eigenvalue weighted by Gasteiger charge is 2.44. The number of carbonyl (C=O) groups is 1. The second-order valence-corrected chi connectivity index (χ2v) is 3.98. The van der Waals surface area contributed by atoms with Crippen LogP contribution in [0.1, 0.15) is 6.92 Å². The minimum Gasteiger partial charge on any atom is -0.386 e. The number of hydrogen-bond acceptors (Lipinski definition) is 4. The maximum absolute atomic E-state index is 11.6. The molecule has 13 heavy (non-hydrogen) atoms. The van der Waals surface area contributed by atoms with E-state index in [2.05, 4.69) is 17.9 Å². The minimum absolute atomic E-state index is 0.116. The van der Waals surface area contributed by atoms with Crippen molar-refractivity contribution in [2.45, 2.75) is 17.8 Å². The number of β-amino-alcohol motifs (C(OH)–C–C–N with tert-alkyl or cyclic N) is 1. The second-order valence-electron chi connectivity index (χ2n) is 3.46. The molecule has 1 saturated heterocycles. The summed E-state index contributed by atoms with van der Waals surface area (Å²) in [5.41, 5.74) is -0.955. The molecule has 1 rings (SSSR count). The van der Waals surface area contributed by atoms with Gasteiger partial charge in [0.05, 0.1) is 0 Å². The van der Waals surface area contributed by atoms with E-state index in [4.69, 9.17) is 0 Å². The highest BCUT2D eigenvalue weighted by molar-refractivity contribution is 7.82. The Morgan fingerprint density at radius 2 is 2.31 bits per heavy atom. The van der Waals surface area contributed by atoms with Crippen molar-refractivity contribution < 1.29 is 9.90 Å². The standard InChI is InChI=1S/C8H16N2O2S/c1-3-10(2)7(11)6(13)8(12)4-9-5-8/h6,9,12-13H,3-5H2,1-2H3. The molecule has 1 fully saturated rings. The molecule has 0 aliphatic carbocycles. The number of nitrogens with zero attached hydrogens (tertiary/aromatic N) is 1. The molecule has 0 bridgehead atoms. The van der Waals surface area contributed by atoms with Crippen molar-refractivity contribution in [2.24, 2.45) is 0 Å². The fraction of sp³-hybridized carbons (Fsp3) is 0.875. The number of amides is 1. The Bertz CT molecular complexity index is 206. The molecule has 0 aromatic carbocycles. The van der Waals surface area contributed by atoms with Crippen molar-refractivity contribution in [3.05, 3.63) is 0 Å². The third kappa shape index (κ3) is 1.98. The number of rotatable bonds is 3. The van der Waals surface area contributed by atoms with Crippen molar-refractivity contribution in [3.63, 3.8) is 0 Å². The van der Waals surface area contributed by atoms with Crippen LogP contribution in [0.4, 0.5) is 0 Å². The summed E-state index contributed by atoms with van der Waals surface area (Å²) in [5, 5.41) is 12.1. The molecule has 0 saturated carbocycles. The van der Waals surface area contributed by atoms with E-state index in [1.54, 1.807) is 11.9 Å². The molecule has 0 radical (unpaired) electrons. The fourth-order valence-electron chi connectivity index (χ4n) is 1.17. The Morgan fingerprint density at radius 3 is 2.62 bits per heavy atom. The van der Waals surface area contributed by atoms with Gasteiger partial charge in [0, 0.05) is 26.7 Å². The first kappa shape index (κ1) is 10.8. The third-order valence-electron chi connectivity index (χ3n) is 2.46. The maximum atomic E-state index is 11.6. The lowest BCUT2D eigenvalue weighted by Crippen LogP contribution is -2.67. The number of thiol groups is 1. The van der Waals surface area contributed by atoms with Gasteiger partial charge < -0.3 is 15.3 Å². The van der Waals surface area contributed by atoms with E-state index >= 15 is 0 Å². The van der Waals surface area contributed by atoms with Gasteiger partial charge in [-0.05, 0) is 6.92 Å². The Balaban J connectivity index is 2.56. The quantitative estimate of drug-likeness (QED) is 0.522. The molecule has 1 atom stereocenters. The summed E-state index contributed by atoms with van der Waals surface area (Å²) in [4.78, 5) is 13.1. The molecule has 0 spiro atoms. The molecule has 5 heteroatoms.